The van der Waals surface area contributed by atoms with E-state index in [-0.39, 0.29) is 11.1 Å². The van der Waals surface area contributed by atoms with Crippen LogP contribution < -0.4 is 0 Å². The summed E-state index contributed by atoms with van der Waals surface area (Å²) in [4.78, 5) is 0. The third kappa shape index (κ3) is 4.96. The summed E-state index contributed by atoms with van der Waals surface area (Å²) >= 11 is 0. The Morgan fingerprint density at radius 2 is 1.84 bits per heavy atom. The van der Waals surface area contributed by atoms with Gasteiger partial charge in [-0.05, 0) is 6.07 Å². The van der Waals surface area contributed by atoms with Gasteiger partial charge in [0.25, 0.3) is 0 Å². The Balaban J connectivity index is 2.94. The maximum absolute atomic E-state index is 13.7. The number of hydrogen-bond acceptors (Lipinski definition) is 5. The van der Waals surface area contributed by atoms with E-state index in [4.69, 9.17) is 5.26 Å². The molecule has 0 aliphatic rings. The standard InChI is InChI=1S/C11H12FNO4S2/c1-18(14,15)5-6-19(16,17)8-10-4-2-3-9(7-13)11(10)12/h2-4H,5-6,8H2,1H3. The smallest absolute Gasteiger partial charge is 0.155 e. The zero-order valence-electron chi connectivity index (χ0n) is 10.1. The number of rotatable bonds is 5. The summed E-state index contributed by atoms with van der Waals surface area (Å²) < 4.78 is 58.9. The van der Waals surface area contributed by atoms with E-state index in [1.54, 1.807) is 6.07 Å². The molecule has 1 rings (SSSR count). The maximum Gasteiger partial charge on any atom is 0.155 e. The molecule has 1 aromatic carbocycles. The van der Waals surface area contributed by atoms with Gasteiger partial charge < -0.3 is 0 Å². The molecule has 0 aliphatic carbocycles. The number of halogens is 1. The highest BCUT2D eigenvalue weighted by atomic mass is 32.2. The summed E-state index contributed by atoms with van der Waals surface area (Å²) in [5, 5.41) is 8.63. The van der Waals surface area contributed by atoms with Gasteiger partial charge in [-0.15, -0.1) is 0 Å². The van der Waals surface area contributed by atoms with Crippen molar-refractivity contribution in [3.05, 3.63) is 35.1 Å². The second kappa shape index (κ2) is 5.67. The number of nitriles is 1. The van der Waals surface area contributed by atoms with Crippen molar-refractivity contribution in [2.75, 3.05) is 17.8 Å². The third-order valence-electron chi connectivity index (χ3n) is 2.34. The lowest BCUT2D eigenvalue weighted by atomic mass is 10.1. The third-order valence-corrected chi connectivity index (χ3v) is 5.12. The topological polar surface area (TPSA) is 92.1 Å². The van der Waals surface area contributed by atoms with Crippen LogP contribution in [-0.2, 0) is 25.4 Å². The number of hydrogen-bond donors (Lipinski definition) is 0. The SMILES string of the molecule is CS(=O)(=O)CCS(=O)(=O)Cc1cccc(C#N)c1F. The highest BCUT2D eigenvalue weighted by molar-refractivity contribution is 7.94. The van der Waals surface area contributed by atoms with Gasteiger partial charge in [-0.1, -0.05) is 12.1 Å². The van der Waals surface area contributed by atoms with Crippen LogP contribution in [0.25, 0.3) is 0 Å². The van der Waals surface area contributed by atoms with Crippen LogP contribution in [-0.4, -0.2) is 34.6 Å². The van der Waals surface area contributed by atoms with Crippen molar-refractivity contribution in [2.45, 2.75) is 5.75 Å². The van der Waals surface area contributed by atoms with E-state index < -0.39 is 42.8 Å². The highest BCUT2D eigenvalue weighted by Crippen LogP contribution is 2.15. The first kappa shape index (κ1) is 15.6. The van der Waals surface area contributed by atoms with Crippen LogP contribution in [0.5, 0.6) is 0 Å². The molecule has 0 amide bonds. The Labute approximate surface area is 111 Å². The molecule has 0 saturated heterocycles. The van der Waals surface area contributed by atoms with Crippen LogP contribution in [0, 0.1) is 17.1 Å². The Kier molecular flexibility index (Phi) is 4.66. The van der Waals surface area contributed by atoms with Crippen molar-refractivity contribution in [1.82, 2.24) is 0 Å². The van der Waals surface area contributed by atoms with Crippen LogP contribution in [0.3, 0.4) is 0 Å². The lowest BCUT2D eigenvalue weighted by Gasteiger charge is -2.06. The fourth-order valence-electron chi connectivity index (χ4n) is 1.37. The molecule has 0 fully saturated rings. The van der Waals surface area contributed by atoms with Crippen LogP contribution in [0.2, 0.25) is 0 Å². The van der Waals surface area contributed by atoms with E-state index in [1.807, 2.05) is 0 Å². The second-order valence-corrected chi connectivity index (χ2v) is 8.56. The molecule has 0 aliphatic heterocycles. The summed E-state index contributed by atoms with van der Waals surface area (Å²) in [6.07, 6.45) is 0.930. The van der Waals surface area contributed by atoms with E-state index >= 15 is 0 Å². The summed E-state index contributed by atoms with van der Waals surface area (Å²) in [7, 11) is -7.14. The van der Waals surface area contributed by atoms with Gasteiger partial charge in [0, 0.05) is 11.8 Å². The highest BCUT2D eigenvalue weighted by Gasteiger charge is 2.18. The molecule has 1 aromatic rings. The van der Waals surface area contributed by atoms with Crippen molar-refractivity contribution in [1.29, 1.82) is 5.26 Å². The molecule has 8 heteroatoms. The molecule has 0 atom stereocenters. The van der Waals surface area contributed by atoms with Crippen LogP contribution in [0.1, 0.15) is 11.1 Å². The molecule has 0 N–H and O–H groups in total. The average Bonchev–Trinajstić information content (AvgIpc) is 2.29. The minimum atomic E-state index is -3.74. The monoisotopic (exact) mass is 305 g/mol. The number of benzene rings is 1. The molecule has 0 bridgehead atoms. The summed E-state index contributed by atoms with van der Waals surface area (Å²) in [6, 6.07) is 5.49. The van der Waals surface area contributed by atoms with Crippen molar-refractivity contribution in [3.63, 3.8) is 0 Å². The number of nitrogens with zero attached hydrogens (tertiary/aromatic N) is 1. The Hall–Kier alpha value is -1.46. The minimum Gasteiger partial charge on any atom is -0.229 e. The van der Waals surface area contributed by atoms with Gasteiger partial charge in [-0.2, -0.15) is 5.26 Å². The van der Waals surface area contributed by atoms with Gasteiger partial charge in [0.2, 0.25) is 0 Å². The van der Waals surface area contributed by atoms with Crippen LogP contribution in [0.15, 0.2) is 18.2 Å². The summed E-state index contributed by atoms with van der Waals surface area (Å²) in [6.45, 7) is 0. The number of sulfone groups is 2. The predicted octanol–water partition coefficient (Wildman–Crippen LogP) is 0.657. The van der Waals surface area contributed by atoms with Crippen molar-refractivity contribution in [3.8, 4) is 6.07 Å². The molecular formula is C11H12FNO4S2. The van der Waals surface area contributed by atoms with Gasteiger partial charge in [-0.3, -0.25) is 0 Å². The molecule has 19 heavy (non-hydrogen) atoms. The normalized spacial score (nSPS) is 12.1. The van der Waals surface area contributed by atoms with E-state index in [0.29, 0.717) is 0 Å². The lowest BCUT2D eigenvalue weighted by Crippen LogP contribution is -2.18. The van der Waals surface area contributed by atoms with Gasteiger partial charge in [0.15, 0.2) is 9.84 Å². The van der Waals surface area contributed by atoms with E-state index in [9.17, 15) is 21.2 Å². The molecule has 5 nitrogen and oxygen atoms in total. The van der Waals surface area contributed by atoms with Crippen molar-refractivity contribution in [2.24, 2.45) is 0 Å². The molecule has 0 heterocycles. The van der Waals surface area contributed by atoms with E-state index in [2.05, 4.69) is 0 Å². The van der Waals surface area contributed by atoms with E-state index in [1.165, 1.54) is 18.2 Å². The zero-order chi connectivity index (χ0) is 14.7. The van der Waals surface area contributed by atoms with Gasteiger partial charge >= 0.3 is 0 Å². The van der Waals surface area contributed by atoms with Gasteiger partial charge in [0.1, 0.15) is 21.7 Å². The maximum atomic E-state index is 13.7. The largest absolute Gasteiger partial charge is 0.229 e. The second-order valence-electron chi connectivity index (χ2n) is 4.11. The zero-order valence-corrected chi connectivity index (χ0v) is 11.8. The molecule has 0 spiro atoms. The molecule has 0 aromatic heterocycles. The first-order valence-electron chi connectivity index (χ1n) is 5.20. The predicted molar refractivity (Wildman–Crippen MR) is 68.3 cm³/mol. The van der Waals surface area contributed by atoms with Crippen LogP contribution >= 0.6 is 0 Å². The lowest BCUT2D eigenvalue weighted by molar-refractivity contribution is 0.583. The molecular weight excluding hydrogens is 293 g/mol. The molecule has 0 radical (unpaired) electrons. The minimum absolute atomic E-state index is 0.132. The summed E-state index contributed by atoms with van der Waals surface area (Å²) in [5.41, 5.74) is -0.372. The summed E-state index contributed by atoms with van der Waals surface area (Å²) in [5.74, 6) is -2.58. The molecule has 104 valence electrons. The molecule has 0 saturated carbocycles. The Morgan fingerprint density at radius 3 is 2.37 bits per heavy atom. The van der Waals surface area contributed by atoms with Gasteiger partial charge in [-0.25, -0.2) is 21.2 Å². The Morgan fingerprint density at radius 1 is 1.21 bits per heavy atom. The van der Waals surface area contributed by atoms with Crippen molar-refractivity contribution < 1.29 is 21.2 Å². The van der Waals surface area contributed by atoms with Gasteiger partial charge in [0.05, 0.1) is 22.8 Å². The van der Waals surface area contributed by atoms with Crippen LogP contribution in [0.4, 0.5) is 4.39 Å². The quantitative estimate of drug-likeness (QED) is 0.796. The Bertz CT molecular complexity index is 718. The first-order valence-corrected chi connectivity index (χ1v) is 9.08. The molecule has 0 unspecified atom stereocenters. The van der Waals surface area contributed by atoms with Crippen molar-refractivity contribution >= 4 is 19.7 Å². The fraction of sp³-hybridized carbons (Fsp3) is 0.364. The first-order chi connectivity index (χ1) is 8.64. The van der Waals surface area contributed by atoms with E-state index in [0.717, 1.165) is 6.26 Å². The average molecular weight is 305 g/mol. The fourth-order valence-corrected chi connectivity index (χ4v) is 4.43.